The van der Waals surface area contributed by atoms with Crippen LogP contribution >= 0.6 is 0 Å². The molecule has 2 heterocycles. The lowest BCUT2D eigenvalue weighted by Crippen LogP contribution is -2.47. The van der Waals surface area contributed by atoms with Crippen molar-refractivity contribution in [2.45, 2.75) is 47.0 Å². The predicted octanol–water partition coefficient (Wildman–Crippen LogP) is 3.22. The number of piperazine rings is 1. The third-order valence-corrected chi connectivity index (χ3v) is 4.11. The highest BCUT2D eigenvalue weighted by Gasteiger charge is 2.18. The molecule has 0 saturated carbocycles. The van der Waals surface area contributed by atoms with Gasteiger partial charge in [0.2, 0.25) is 0 Å². The molecule has 22 heavy (non-hydrogen) atoms. The van der Waals surface area contributed by atoms with Gasteiger partial charge in [-0.2, -0.15) is 0 Å². The van der Waals surface area contributed by atoms with Gasteiger partial charge in [-0.1, -0.05) is 31.9 Å². The molecule has 4 heteroatoms. The van der Waals surface area contributed by atoms with Gasteiger partial charge in [-0.3, -0.25) is 4.90 Å². The molecule has 1 fully saturated rings. The zero-order valence-corrected chi connectivity index (χ0v) is 14.6. The van der Waals surface area contributed by atoms with E-state index in [1.807, 2.05) is 6.92 Å². The summed E-state index contributed by atoms with van der Waals surface area (Å²) in [6.07, 6.45) is 5.63. The first kappa shape index (κ1) is 16.9. The van der Waals surface area contributed by atoms with Crippen molar-refractivity contribution in [2.75, 3.05) is 37.6 Å². The van der Waals surface area contributed by atoms with Crippen LogP contribution in [0, 0.1) is 6.92 Å². The van der Waals surface area contributed by atoms with Gasteiger partial charge >= 0.3 is 0 Å². The van der Waals surface area contributed by atoms with Crippen molar-refractivity contribution < 1.29 is 0 Å². The number of anilines is 1. The van der Waals surface area contributed by atoms with Gasteiger partial charge in [0.25, 0.3) is 0 Å². The lowest BCUT2D eigenvalue weighted by Gasteiger charge is -2.35. The van der Waals surface area contributed by atoms with Gasteiger partial charge in [0, 0.05) is 44.5 Å². The van der Waals surface area contributed by atoms with Crippen molar-refractivity contribution in [1.82, 2.24) is 14.9 Å². The van der Waals surface area contributed by atoms with Crippen molar-refractivity contribution in [3.05, 3.63) is 29.2 Å². The minimum atomic E-state index is 0.894. The van der Waals surface area contributed by atoms with Crippen LogP contribution in [-0.4, -0.2) is 47.6 Å². The molecule has 1 aliphatic heterocycles. The molecule has 2 rings (SSSR count). The van der Waals surface area contributed by atoms with Gasteiger partial charge in [-0.15, -0.1) is 0 Å². The molecule has 0 bridgehead atoms. The Morgan fingerprint density at radius 1 is 1.18 bits per heavy atom. The van der Waals surface area contributed by atoms with Gasteiger partial charge in [-0.05, 0) is 26.7 Å². The SMILES string of the molecule is CC/C=C(\C)CN1CCN(c2cc(CCC)nc(C)n2)CC1. The average molecular weight is 302 g/mol. The van der Waals surface area contributed by atoms with E-state index in [2.05, 4.69) is 52.7 Å². The Morgan fingerprint density at radius 2 is 1.91 bits per heavy atom. The number of rotatable bonds is 6. The molecule has 1 aliphatic rings. The minimum absolute atomic E-state index is 0.894. The molecule has 0 radical (unpaired) electrons. The Morgan fingerprint density at radius 3 is 2.55 bits per heavy atom. The molecular weight excluding hydrogens is 272 g/mol. The number of nitrogens with zero attached hydrogens (tertiary/aromatic N) is 4. The highest BCUT2D eigenvalue weighted by Crippen LogP contribution is 2.16. The third kappa shape index (κ3) is 4.80. The van der Waals surface area contributed by atoms with Crippen LogP contribution in [0.25, 0.3) is 0 Å². The summed E-state index contributed by atoms with van der Waals surface area (Å²) in [6, 6.07) is 2.17. The van der Waals surface area contributed by atoms with Gasteiger partial charge < -0.3 is 4.90 Å². The van der Waals surface area contributed by atoms with Gasteiger partial charge in [0.15, 0.2) is 0 Å². The summed E-state index contributed by atoms with van der Waals surface area (Å²) in [5.74, 6) is 2.00. The first-order valence-corrected chi connectivity index (χ1v) is 8.59. The summed E-state index contributed by atoms with van der Waals surface area (Å²) in [5, 5.41) is 0. The van der Waals surface area contributed by atoms with Crippen LogP contribution in [-0.2, 0) is 6.42 Å². The van der Waals surface area contributed by atoms with Crippen LogP contribution in [0.15, 0.2) is 17.7 Å². The minimum Gasteiger partial charge on any atom is -0.354 e. The highest BCUT2D eigenvalue weighted by molar-refractivity contribution is 5.40. The number of hydrogen-bond donors (Lipinski definition) is 0. The second-order valence-corrected chi connectivity index (χ2v) is 6.24. The normalized spacial score (nSPS) is 17.1. The lowest BCUT2D eigenvalue weighted by atomic mass is 10.2. The van der Waals surface area contributed by atoms with E-state index in [1.54, 1.807) is 0 Å². The number of hydrogen-bond acceptors (Lipinski definition) is 4. The molecule has 0 N–H and O–H groups in total. The first-order valence-electron chi connectivity index (χ1n) is 8.59. The summed E-state index contributed by atoms with van der Waals surface area (Å²) in [7, 11) is 0. The van der Waals surface area contributed by atoms with Crippen molar-refractivity contribution >= 4 is 5.82 Å². The monoisotopic (exact) mass is 302 g/mol. The summed E-state index contributed by atoms with van der Waals surface area (Å²) >= 11 is 0. The van der Waals surface area contributed by atoms with Gasteiger partial charge in [-0.25, -0.2) is 9.97 Å². The summed E-state index contributed by atoms with van der Waals surface area (Å²) in [4.78, 5) is 14.1. The van der Waals surface area contributed by atoms with Gasteiger partial charge in [0.1, 0.15) is 11.6 Å². The van der Waals surface area contributed by atoms with Gasteiger partial charge in [0.05, 0.1) is 0 Å². The predicted molar refractivity (Wildman–Crippen MR) is 93.5 cm³/mol. The summed E-state index contributed by atoms with van der Waals surface area (Å²) in [5.41, 5.74) is 2.66. The smallest absolute Gasteiger partial charge is 0.132 e. The molecule has 1 aromatic heterocycles. The number of aryl methyl sites for hydroxylation is 2. The van der Waals surface area contributed by atoms with Crippen LogP contribution < -0.4 is 4.90 Å². The fourth-order valence-electron chi connectivity index (χ4n) is 3.06. The van der Waals surface area contributed by atoms with Crippen LogP contribution in [0.2, 0.25) is 0 Å². The molecule has 1 saturated heterocycles. The van der Waals surface area contributed by atoms with Crippen LogP contribution in [0.3, 0.4) is 0 Å². The molecule has 0 aromatic carbocycles. The fourth-order valence-corrected chi connectivity index (χ4v) is 3.06. The second kappa shape index (κ2) is 8.28. The Hall–Kier alpha value is -1.42. The highest BCUT2D eigenvalue weighted by atomic mass is 15.3. The van der Waals surface area contributed by atoms with Crippen molar-refractivity contribution in [3.63, 3.8) is 0 Å². The molecule has 122 valence electrons. The average Bonchev–Trinajstić information content (AvgIpc) is 2.48. The maximum absolute atomic E-state index is 4.64. The zero-order chi connectivity index (χ0) is 15.9. The molecule has 0 amide bonds. The topological polar surface area (TPSA) is 32.3 Å². The van der Waals surface area contributed by atoms with E-state index < -0.39 is 0 Å². The van der Waals surface area contributed by atoms with E-state index >= 15 is 0 Å². The first-order chi connectivity index (χ1) is 10.6. The Kier molecular flexibility index (Phi) is 6.37. The van der Waals surface area contributed by atoms with Crippen molar-refractivity contribution in [3.8, 4) is 0 Å². The van der Waals surface area contributed by atoms with Crippen molar-refractivity contribution in [2.24, 2.45) is 0 Å². The standard InChI is InChI=1S/C18H30N4/c1-5-7-15(3)14-21-9-11-22(12-10-21)18-13-17(8-6-2)19-16(4)20-18/h7,13H,5-6,8-12,14H2,1-4H3/b15-7+. The molecule has 0 spiro atoms. The largest absolute Gasteiger partial charge is 0.354 e. The number of aromatic nitrogens is 2. The van der Waals surface area contributed by atoms with E-state index in [1.165, 1.54) is 11.3 Å². The molecular formula is C18H30N4. The molecule has 4 nitrogen and oxygen atoms in total. The Labute approximate surface area is 135 Å². The van der Waals surface area contributed by atoms with E-state index in [4.69, 9.17) is 0 Å². The number of allylic oxidation sites excluding steroid dienone is 1. The van der Waals surface area contributed by atoms with Crippen LogP contribution in [0.4, 0.5) is 5.82 Å². The molecule has 1 aromatic rings. The third-order valence-electron chi connectivity index (χ3n) is 4.11. The maximum atomic E-state index is 4.64. The van der Waals surface area contributed by atoms with Crippen molar-refractivity contribution in [1.29, 1.82) is 0 Å². The van der Waals surface area contributed by atoms with E-state index in [9.17, 15) is 0 Å². The summed E-state index contributed by atoms with van der Waals surface area (Å²) in [6.45, 7) is 14.1. The molecule has 0 unspecified atom stereocenters. The molecule has 0 atom stereocenters. The van der Waals surface area contributed by atoms with Crippen LogP contribution in [0.5, 0.6) is 0 Å². The fraction of sp³-hybridized carbons (Fsp3) is 0.667. The second-order valence-electron chi connectivity index (χ2n) is 6.24. The summed E-state index contributed by atoms with van der Waals surface area (Å²) < 4.78 is 0. The lowest BCUT2D eigenvalue weighted by molar-refractivity contribution is 0.277. The quantitative estimate of drug-likeness (QED) is 0.755. The van der Waals surface area contributed by atoms with E-state index in [-0.39, 0.29) is 0 Å². The Bertz CT molecular complexity index is 502. The molecule has 0 aliphatic carbocycles. The zero-order valence-electron chi connectivity index (χ0n) is 14.6. The maximum Gasteiger partial charge on any atom is 0.132 e. The van der Waals surface area contributed by atoms with E-state index in [0.717, 1.165) is 63.6 Å². The Balaban J connectivity index is 1.95. The van der Waals surface area contributed by atoms with Crippen LogP contribution in [0.1, 0.15) is 45.1 Å². The van der Waals surface area contributed by atoms with E-state index in [0.29, 0.717) is 0 Å².